The number of fused-ring (bicyclic) bond motifs is 1. The van der Waals surface area contributed by atoms with Crippen molar-refractivity contribution < 1.29 is 4.79 Å². The van der Waals surface area contributed by atoms with Gasteiger partial charge in [0.25, 0.3) is 0 Å². The molecule has 1 saturated heterocycles. The Morgan fingerprint density at radius 3 is 3.18 bits per heavy atom. The van der Waals surface area contributed by atoms with E-state index >= 15 is 0 Å². The van der Waals surface area contributed by atoms with Gasteiger partial charge < -0.3 is 5.32 Å². The first-order valence-corrected chi connectivity index (χ1v) is 4.36. The Labute approximate surface area is 66.7 Å². The van der Waals surface area contributed by atoms with E-state index in [-0.39, 0.29) is 5.91 Å². The molecule has 0 spiro atoms. The Hall–Kier alpha value is -0.790. The zero-order valence-electron chi connectivity index (χ0n) is 6.60. The van der Waals surface area contributed by atoms with Gasteiger partial charge in [-0.2, -0.15) is 0 Å². The van der Waals surface area contributed by atoms with Gasteiger partial charge in [0.2, 0.25) is 5.91 Å². The minimum Gasteiger partial charge on any atom is -0.352 e. The third-order valence-corrected chi connectivity index (χ3v) is 2.60. The number of allylic oxidation sites excluding steroid dienone is 1. The normalized spacial score (nSPS) is 30.4. The molecule has 0 radical (unpaired) electrons. The maximum absolute atomic E-state index is 11.2. The maximum Gasteiger partial charge on any atom is 0.247 e. The number of carbonyl (C=O) groups excluding carboxylic acids is 1. The van der Waals surface area contributed by atoms with Crippen LogP contribution < -0.4 is 5.32 Å². The molecule has 2 rings (SSSR count). The third-order valence-electron chi connectivity index (χ3n) is 2.60. The lowest BCUT2D eigenvalue weighted by Gasteiger charge is -2.27. The molecule has 0 aromatic heterocycles. The smallest absolute Gasteiger partial charge is 0.247 e. The van der Waals surface area contributed by atoms with Crippen molar-refractivity contribution in [1.82, 2.24) is 5.32 Å². The molecule has 1 amide bonds. The minimum atomic E-state index is 0.181. The van der Waals surface area contributed by atoms with Gasteiger partial charge in [0.1, 0.15) is 0 Å². The van der Waals surface area contributed by atoms with E-state index in [1.165, 1.54) is 12.8 Å². The van der Waals surface area contributed by atoms with E-state index in [0.717, 1.165) is 25.0 Å². The molecular weight excluding hydrogens is 138 g/mol. The van der Waals surface area contributed by atoms with Crippen molar-refractivity contribution in [3.63, 3.8) is 0 Å². The fourth-order valence-corrected chi connectivity index (χ4v) is 1.98. The monoisotopic (exact) mass is 151 g/mol. The van der Waals surface area contributed by atoms with Crippen LogP contribution in [-0.4, -0.2) is 12.5 Å². The van der Waals surface area contributed by atoms with Gasteiger partial charge in [-0.1, -0.05) is 6.08 Å². The Morgan fingerprint density at radius 1 is 1.45 bits per heavy atom. The highest BCUT2D eigenvalue weighted by atomic mass is 16.1. The van der Waals surface area contributed by atoms with Crippen LogP contribution in [0.3, 0.4) is 0 Å². The Kier molecular flexibility index (Phi) is 1.68. The molecule has 1 N–H and O–H groups in total. The van der Waals surface area contributed by atoms with Crippen LogP contribution in [0.4, 0.5) is 0 Å². The zero-order chi connectivity index (χ0) is 7.68. The standard InChI is InChI=1S/C9H13NO/c11-9-8-4-2-1-3-7(8)5-6-10-9/h4,7H,1-3,5-6H2,(H,10,11). The summed E-state index contributed by atoms with van der Waals surface area (Å²) in [7, 11) is 0. The number of carbonyl (C=O) groups is 1. The highest BCUT2D eigenvalue weighted by molar-refractivity contribution is 5.94. The van der Waals surface area contributed by atoms with E-state index in [2.05, 4.69) is 11.4 Å². The summed E-state index contributed by atoms with van der Waals surface area (Å²) in [5.74, 6) is 0.762. The molecule has 0 bridgehead atoms. The molecule has 1 aliphatic carbocycles. The van der Waals surface area contributed by atoms with Crippen LogP contribution >= 0.6 is 0 Å². The molecular formula is C9H13NO. The number of hydrogen-bond donors (Lipinski definition) is 1. The molecule has 60 valence electrons. The van der Waals surface area contributed by atoms with Gasteiger partial charge in [0.15, 0.2) is 0 Å². The van der Waals surface area contributed by atoms with E-state index in [9.17, 15) is 4.79 Å². The fraction of sp³-hybridized carbons (Fsp3) is 0.667. The van der Waals surface area contributed by atoms with Gasteiger partial charge in [-0.05, 0) is 31.6 Å². The number of hydrogen-bond acceptors (Lipinski definition) is 1. The molecule has 11 heavy (non-hydrogen) atoms. The molecule has 1 aliphatic heterocycles. The Balaban J connectivity index is 2.21. The van der Waals surface area contributed by atoms with E-state index in [1.807, 2.05) is 0 Å². The van der Waals surface area contributed by atoms with Gasteiger partial charge in [-0.15, -0.1) is 0 Å². The third kappa shape index (κ3) is 1.17. The lowest BCUT2D eigenvalue weighted by Crippen LogP contribution is -2.36. The summed E-state index contributed by atoms with van der Waals surface area (Å²) in [4.78, 5) is 11.2. The van der Waals surface area contributed by atoms with Crippen molar-refractivity contribution in [2.24, 2.45) is 5.92 Å². The van der Waals surface area contributed by atoms with Gasteiger partial charge in [-0.3, -0.25) is 4.79 Å². The van der Waals surface area contributed by atoms with Crippen molar-refractivity contribution in [3.8, 4) is 0 Å². The minimum absolute atomic E-state index is 0.181. The topological polar surface area (TPSA) is 29.1 Å². The van der Waals surface area contributed by atoms with Gasteiger partial charge >= 0.3 is 0 Å². The number of piperidine rings is 1. The number of rotatable bonds is 0. The van der Waals surface area contributed by atoms with E-state index in [1.54, 1.807) is 0 Å². The SMILES string of the molecule is O=C1NCCC2CCCC=C12. The summed E-state index contributed by atoms with van der Waals surface area (Å²) >= 11 is 0. The molecule has 1 fully saturated rings. The van der Waals surface area contributed by atoms with Crippen LogP contribution in [0.1, 0.15) is 25.7 Å². The average Bonchev–Trinajstić information content (AvgIpc) is 2.06. The molecule has 1 unspecified atom stereocenters. The first kappa shape index (κ1) is 6.89. The van der Waals surface area contributed by atoms with Gasteiger partial charge in [0, 0.05) is 12.1 Å². The van der Waals surface area contributed by atoms with Crippen LogP contribution in [-0.2, 0) is 4.79 Å². The van der Waals surface area contributed by atoms with E-state index in [4.69, 9.17) is 0 Å². The van der Waals surface area contributed by atoms with Crippen molar-refractivity contribution in [2.45, 2.75) is 25.7 Å². The second kappa shape index (κ2) is 2.68. The lowest BCUT2D eigenvalue weighted by molar-refractivity contribution is -0.119. The lowest BCUT2D eigenvalue weighted by atomic mass is 9.83. The zero-order valence-corrected chi connectivity index (χ0v) is 6.60. The summed E-state index contributed by atoms with van der Waals surface area (Å²) in [6.07, 6.45) is 6.85. The van der Waals surface area contributed by atoms with E-state index in [0.29, 0.717) is 5.92 Å². The molecule has 0 saturated carbocycles. The molecule has 2 nitrogen and oxygen atoms in total. The second-order valence-electron chi connectivity index (χ2n) is 3.33. The molecule has 0 aromatic rings. The van der Waals surface area contributed by atoms with Crippen LogP contribution in [0, 0.1) is 5.92 Å². The van der Waals surface area contributed by atoms with E-state index < -0.39 is 0 Å². The average molecular weight is 151 g/mol. The van der Waals surface area contributed by atoms with Crippen molar-refractivity contribution in [2.75, 3.05) is 6.54 Å². The predicted molar refractivity (Wildman–Crippen MR) is 43.1 cm³/mol. The van der Waals surface area contributed by atoms with Crippen molar-refractivity contribution in [1.29, 1.82) is 0 Å². The Morgan fingerprint density at radius 2 is 2.36 bits per heavy atom. The highest BCUT2D eigenvalue weighted by Gasteiger charge is 2.26. The fourth-order valence-electron chi connectivity index (χ4n) is 1.98. The first-order chi connectivity index (χ1) is 5.38. The molecule has 2 aliphatic rings. The molecule has 1 atom stereocenters. The summed E-state index contributed by atoms with van der Waals surface area (Å²) < 4.78 is 0. The largest absolute Gasteiger partial charge is 0.352 e. The summed E-state index contributed by atoms with van der Waals surface area (Å²) in [5, 5.41) is 2.87. The van der Waals surface area contributed by atoms with Gasteiger partial charge in [0.05, 0.1) is 0 Å². The van der Waals surface area contributed by atoms with Crippen molar-refractivity contribution in [3.05, 3.63) is 11.6 Å². The summed E-state index contributed by atoms with van der Waals surface area (Å²) in [5.41, 5.74) is 1.06. The maximum atomic E-state index is 11.2. The van der Waals surface area contributed by atoms with Crippen LogP contribution in [0.5, 0.6) is 0 Å². The summed E-state index contributed by atoms with van der Waals surface area (Å²) in [6.45, 7) is 0.876. The quantitative estimate of drug-likeness (QED) is 0.554. The molecule has 2 heteroatoms. The highest BCUT2D eigenvalue weighted by Crippen LogP contribution is 2.29. The second-order valence-corrected chi connectivity index (χ2v) is 3.33. The number of nitrogens with one attached hydrogen (secondary N) is 1. The van der Waals surface area contributed by atoms with Crippen LogP contribution in [0.15, 0.2) is 11.6 Å². The predicted octanol–water partition coefficient (Wildman–Crippen LogP) is 1.23. The first-order valence-electron chi connectivity index (χ1n) is 4.36. The van der Waals surface area contributed by atoms with Crippen molar-refractivity contribution >= 4 is 5.91 Å². The van der Waals surface area contributed by atoms with Crippen LogP contribution in [0.2, 0.25) is 0 Å². The molecule has 0 aromatic carbocycles. The molecule has 1 heterocycles. The Bertz CT molecular complexity index is 208. The summed E-state index contributed by atoms with van der Waals surface area (Å²) in [6, 6.07) is 0. The number of amides is 1. The van der Waals surface area contributed by atoms with Gasteiger partial charge in [-0.25, -0.2) is 0 Å². The van der Waals surface area contributed by atoms with Crippen LogP contribution in [0.25, 0.3) is 0 Å².